The molecule has 0 aromatic heterocycles. The molecule has 1 fully saturated rings. The van der Waals surface area contributed by atoms with E-state index in [2.05, 4.69) is 30.1 Å². The molecule has 0 radical (unpaired) electrons. The number of carbonyl (C=O) groups excluding carboxylic acids is 1. The molecule has 20 heavy (non-hydrogen) atoms. The van der Waals surface area contributed by atoms with E-state index < -0.39 is 0 Å². The summed E-state index contributed by atoms with van der Waals surface area (Å²) in [6, 6.07) is 8.02. The topological polar surface area (TPSA) is 58.4 Å². The first-order valence-corrected chi connectivity index (χ1v) is 7.36. The fraction of sp³-hybridized carbons (Fsp3) is 0.562. The van der Waals surface area contributed by atoms with Gasteiger partial charge in [-0.25, -0.2) is 0 Å². The summed E-state index contributed by atoms with van der Waals surface area (Å²) in [6.07, 6.45) is 2.05. The lowest BCUT2D eigenvalue weighted by Gasteiger charge is -2.22. The summed E-state index contributed by atoms with van der Waals surface area (Å²) in [7, 11) is 0. The molecule has 0 spiro atoms. The molecule has 4 heteroatoms. The molecule has 2 rings (SSSR count). The van der Waals surface area contributed by atoms with Gasteiger partial charge in [-0.05, 0) is 49.0 Å². The number of nitrogens with zero attached hydrogens (tertiary/aromatic N) is 1. The van der Waals surface area contributed by atoms with Crippen molar-refractivity contribution < 1.29 is 4.79 Å². The van der Waals surface area contributed by atoms with Gasteiger partial charge in [0.05, 0.1) is 6.54 Å². The van der Waals surface area contributed by atoms with Crippen molar-refractivity contribution in [2.75, 3.05) is 31.5 Å². The summed E-state index contributed by atoms with van der Waals surface area (Å²) in [6.45, 7) is 7.30. The summed E-state index contributed by atoms with van der Waals surface area (Å²) in [5.74, 6) is 0.0551. The molecule has 0 saturated carbocycles. The predicted molar refractivity (Wildman–Crippen MR) is 82.7 cm³/mol. The highest BCUT2D eigenvalue weighted by molar-refractivity contribution is 5.92. The SMILES string of the molecule is CCc1cccc(NC(=O)CN2CCC(C)(CN)C2)c1. The zero-order valence-corrected chi connectivity index (χ0v) is 12.5. The molecule has 4 nitrogen and oxygen atoms in total. The molecule has 1 aromatic rings. The normalized spacial score (nSPS) is 22.9. The van der Waals surface area contributed by atoms with E-state index in [1.165, 1.54) is 5.56 Å². The van der Waals surface area contributed by atoms with Crippen molar-refractivity contribution in [3.8, 4) is 0 Å². The minimum absolute atomic E-state index is 0.0551. The number of anilines is 1. The van der Waals surface area contributed by atoms with E-state index >= 15 is 0 Å². The van der Waals surface area contributed by atoms with Gasteiger partial charge in [-0.1, -0.05) is 26.0 Å². The maximum atomic E-state index is 12.1. The minimum Gasteiger partial charge on any atom is -0.330 e. The average molecular weight is 275 g/mol. The lowest BCUT2D eigenvalue weighted by molar-refractivity contribution is -0.117. The number of hydrogen-bond donors (Lipinski definition) is 2. The van der Waals surface area contributed by atoms with Crippen molar-refractivity contribution in [1.29, 1.82) is 0 Å². The van der Waals surface area contributed by atoms with E-state index in [0.717, 1.165) is 31.6 Å². The van der Waals surface area contributed by atoms with Crippen LogP contribution in [0.3, 0.4) is 0 Å². The van der Waals surface area contributed by atoms with Crippen molar-refractivity contribution in [1.82, 2.24) is 4.90 Å². The molecular formula is C16H25N3O. The molecule has 1 amide bonds. The smallest absolute Gasteiger partial charge is 0.238 e. The quantitative estimate of drug-likeness (QED) is 0.862. The van der Waals surface area contributed by atoms with Crippen LogP contribution in [0.25, 0.3) is 0 Å². The highest BCUT2D eigenvalue weighted by Gasteiger charge is 2.32. The van der Waals surface area contributed by atoms with Crippen LogP contribution in [0.5, 0.6) is 0 Å². The maximum absolute atomic E-state index is 12.1. The van der Waals surface area contributed by atoms with Crippen LogP contribution in [0.1, 0.15) is 25.8 Å². The molecule has 1 saturated heterocycles. The lowest BCUT2D eigenvalue weighted by atomic mass is 9.90. The van der Waals surface area contributed by atoms with Crippen LogP contribution in [0.4, 0.5) is 5.69 Å². The molecule has 3 N–H and O–H groups in total. The number of nitrogens with one attached hydrogen (secondary N) is 1. The third-order valence-electron chi connectivity index (χ3n) is 4.12. The molecule has 0 aliphatic carbocycles. The van der Waals surface area contributed by atoms with Crippen molar-refractivity contribution >= 4 is 11.6 Å². The van der Waals surface area contributed by atoms with Gasteiger partial charge in [0.2, 0.25) is 5.91 Å². The third kappa shape index (κ3) is 3.81. The number of nitrogens with two attached hydrogens (primary N) is 1. The Morgan fingerprint density at radius 3 is 2.95 bits per heavy atom. The summed E-state index contributed by atoms with van der Waals surface area (Å²) < 4.78 is 0. The second kappa shape index (κ2) is 6.37. The highest BCUT2D eigenvalue weighted by Crippen LogP contribution is 2.28. The maximum Gasteiger partial charge on any atom is 0.238 e. The molecular weight excluding hydrogens is 250 g/mol. The molecule has 0 bridgehead atoms. The van der Waals surface area contributed by atoms with Gasteiger partial charge in [0.1, 0.15) is 0 Å². The number of hydrogen-bond acceptors (Lipinski definition) is 3. The minimum atomic E-state index is 0.0551. The zero-order chi connectivity index (χ0) is 14.6. The first-order valence-electron chi connectivity index (χ1n) is 7.36. The number of aryl methyl sites for hydroxylation is 1. The van der Waals surface area contributed by atoms with E-state index in [-0.39, 0.29) is 11.3 Å². The van der Waals surface area contributed by atoms with Gasteiger partial charge in [-0.15, -0.1) is 0 Å². The van der Waals surface area contributed by atoms with E-state index in [9.17, 15) is 4.79 Å². The Kier molecular flexibility index (Phi) is 4.78. The van der Waals surface area contributed by atoms with E-state index in [1.54, 1.807) is 0 Å². The average Bonchev–Trinajstić information content (AvgIpc) is 2.81. The fourth-order valence-corrected chi connectivity index (χ4v) is 2.70. The van der Waals surface area contributed by atoms with Crippen LogP contribution in [-0.2, 0) is 11.2 Å². The van der Waals surface area contributed by atoms with Crippen LogP contribution in [-0.4, -0.2) is 37.0 Å². The number of amides is 1. The van der Waals surface area contributed by atoms with Gasteiger partial charge in [0.15, 0.2) is 0 Å². The number of likely N-dealkylation sites (tertiary alicyclic amines) is 1. The van der Waals surface area contributed by atoms with Crippen molar-refractivity contribution in [3.05, 3.63) is 29.8 Å². The van der Waals surface area contributed by atoms with Crippen molar-refractivity contribution in [2.24, 2.45) is 11.1 Å². The fourth-order valence-electron chi connectivity index (χ4n) is 2.70. The zero-order valence-electron chi connectivity index (χ0n) is 12.5. The first kappa shape index (κ1) is 15.0. The Morgan fingerprint density at radius 1 is 1.50 bits per heavy atom. The van der Waals surface area contributed by atoms with E-state index in [4.69, 9.17) is 5.73 Å². The molecule has 1 atom stereocenters. The van der Waals surface area contributed by atoms with Crippen LogP contribution in [0.2, 0.25) is 0 Å². The standard InChI is InChI=1S/C16H25N3O/c1-3-13-5-4-6-14(9-13)18-15(20)10-19-8-7-16(2,11-17)12-19/h4-6,9H,3,7-8,10-12,17H2,1-2H3,(H,18,20). The largest absolute Gasteiger partial charge is 0.330 e. The van der Waals surface area contributed by atoms with Crippen LogP contribution >= 0.6 is 0 Å². The summed E-state index contributed by atoms with van der Waals surface area (Å²) in [5.41, 5.74) is 8.08. The highest BCUT2D eigenvalue weighted by atomic mass is 16.2. The van der Waals surface area contributed by atoms with Crippen molar-refractivity contribution in [3.63, 3.8) is 0 Å². The second-order valence-electron chi connectivity index (χ2n) is 6.08. The lowest BCUT2D eigenvalue weighted by Crippen LogP contribution is -2.35. The number of rotatable bonds is 5. The van der Waals surface area contributed by atoms with E-state index in [1.807, 2.05) is 18.2 Å². The first-order chi connectivity index (χ1) is 9.54. The Hall–Kier alpha value is -1.39. The Bertz CT molecular complexity index is 475. The summed E-state index contributed by atoms with van der Waals surface area (Å²) >= 11 is 0. The molecule has 1 heterocycles. The summed E-state index contributed by atoms with van der Waals surface area (Å²) in [4.78, 5) is 14.3. The predicted octanol–water partition coefficient (Wildman–Crippen LogP) is 1.86. The van der Waals surface area contributed by atoms with Crippen molar-refractivity contribution in [2.45, 2.75) is 26.7 Å². The van der Waals surface area contributed by atoms with Gasteiger partial charge in [0, 0.05) is 12.2 Å². The Labute approximate surface area is 121 Å². The van der Waals surface area contributed by atoms with Gasteiger partial charge in [0.25, 0.3) is 0 Å². The second-order valence-corrected chi connectivity index (χ2v) is 6.08. The van der Waals surface area contributed by atoms with Gasteiger partial charge >= 0.3 is 0 Å². The molecule has 110 valence electrons. The number of benzene rings is 1. The number of carbonyl (C=O) groups is 1. The molecule has 1 unspecified atom stereocenters. The molecule has 1 aliphatic heterocycles. The molecule has 1 aliphatic rings. The van der Waals surface area contributed by atoms with Crippen LogP contribution in [0.15, 0.2) is 24.3 Å². The van der Waals surface area contributed by atoms with Crippen LogP contribution < -0.4 is 11.1 Å². The Balaban J connectivity index is 1.87. The van der Waals surface area contributed by atoms with Gasteiger partial charge in [-0.2, -0.15) is 0 Å². The molecule has 1 aromatic carbocycles. The van der Waals surface area contributed by atoms with Crippen LogP contribution in [0, 0.1) is 5.41 Å². The van der Waals surface area contributed by atoms with E-state index in [0.29, 0.717) is 13.1 Å². The third-order valence-corrected chi connectivity index (χ3v) is 4.12. The van der Waals surface area contributed by atoms with Gasteiger partial charge in [-0.3, -0.25) is 9.69 Å². The summed E-state index contributed by atoms with van der Waals surface area (Å²) in [5, 5.41) is 2.98. The van der Waals surface area contributed by atoms with Gasteiger partial charge < -0.3 is 11.1 Å². The monoisotopic (exact) mass is 275 g/mol. The Morgan fingerprint density at radius 2 is 2.30 bits per heavy atom.